The predicted molar refractivity (Wildman–Crippen MR) is 130 cm³/mol. The normalized spacial score (nSPS) is 18.2. The molecule has 1 aliphatic heterocycles. The lowest BCUT2D eigenvalue weighted by Crippen LogP contribution is -2.40. The highest BCUT2D eigenvalue weighted by atomic mass is 16.5. The van der Waals surface area contributed by atoms with E-state index in [9.17, 15) is 4.79 Å². The highest BCUT2D eigenvalue weighted by molar-refractivity contribution is 6.03. The van der Waals surface area contributed by atoms with Gasteiger partial charge in [-0.1, -0.05) is 19.9 Å². The number of morpholine rings is 1. The molecule has 0 saturated carbocycles. The van der Waals surface area contributed by atoms with Crippen LogP contribution in [0.15, 0.2) is 24.4 Å². The van der Waals surface area contributed by atoms with E-state index in [-0.39, 0.29) is 16.9 Å². The third kappa shape index (κ3) is 6.29. The molecule has 0 spiro atoms. The van der Waals surface area contributed by atoms with Crippen LogP contribution < -0.4 is 10.6 Å². The van der Waals surface area contributed by atoms with Gasteiger partial charge in [0, 0.05) is 38.9 Å². The van der Waals surface area contributed by atoms with E-state index in [1.54, 1.807) is 0 Å². The van der Waals surface area contributed by atoms with Gasteiger partial charge in [0.2, 0.25) is 0 Å². The monoisotopic (exact) mass is 463 g/mol. The van der Waals surface area contributed by atoms with Crippen molar-refractivity contribution >= 4 is 17.2 Å². The van der Waals surface area contributed by atoms with Crippen LogP contribution in [-0.2, 0) is 11.3 Å². The summed E-state index contributed by atoms with van der Waals surface area (Å²) in [6, 6.07) is 5.78. The number of pyridine rings is 1. The van der Waals surface area contributed by atoms with Crippen LogP contribution in [0.2, 0.25) is 0 Å². The Morgan fingerprint density at radius 3 is 2.82 bits per heavy atom. The molecule has 0 bridgehead atoms. The van der Waals surface area contributed by atoms with E-state index < -0.39 is 5.91 Å². The molecule has 2 aliphatic rings. The molecule has 1 fully saturated rings. The SMILES string of the molecule is CC1(C)CC=C(c2nc(CNCCN3CCOCC3)ccc2NC(=O)c2nc(C#N)c[nH]2)CC1. The van der Waals surface area contributed by atoms with E-state index in [1.807, 2.05) is 18.2 Å². The highest BCUT2D eigenvalue weighted by Gasteiger charge is 2.24. The maximum Gasteiger partial charge on any atom is 0.291 e. The Morgan fingerprint density at radius 2 is 2.12 bits per heavy atom. The predicted octanol–water partition coefficient (Wildman–Crippen LogP) is 2.94. The van der Waals surface area contributed by atoms with Crippen molar-refractivity contribution in [3.8, 4) is 6.07 Å². The van der Waals surface area contributed by atoms with Crippen LogP contribution in [0.5, 0.6) is 0 Å². The Bertz CT molecular complexity index is 1080. The first kappa shape index (κ1) is 24.1. The van der Waals surface area contributed by atoms with Gasteiger partial charge in [0.05, 0.1) is 30.3 Å². The van der Waals surface area contributed by atoms with Gasteiger partial charge in [-0.05, 0) is 42.4 Å². The van der Waals surface area contributed by atoms with Crippen molar-refractivity contribution in [1.82, 2.24) is 25.2 Å². The number of imidazole rings is 1. The first-order valence-corrected chi connectivity index (χ1v) is 11.9. The molecule has 0 radical (unpaired) electrons. The summed E-state index contributed by atoms with van der Waals surface area (Å²) < 4.78 is 5.41. The zero-order chi connectivity index (χ0) is 24.0. The molecule has 2 aromatic heterocycles. The second-order valence-corrected chi connectivity index (χ2v) is 9.63. The molecular weight excluding hydrogens is 430 g/mol. The van der Waals surface area contributed by atoms with E-state index in [1.165, 1.54) is 6.20 Å². The number of hydrogen-bond donors (Lipinski definition) is 3. The van der Waals surface area contributed by atoms with Crippen molar-refractivity contribution in [3.05, 3.63) is 47.3 Å². The third-order valence-electron chi connectivity index (χ3n) is 6.40. The zero-order valence-electron chi connectivity index (χ0n) is 20.0. The van der Waals surface area contributed by atoms with Crippen molar-refractivity contribution in [2.75, 3.05) is 44.7 Å². The van der Waals surface area contributed by atoms with Gasteiger partial charge >= 0.3 is 0 Å². The van der Waals surface area contributed by atoms with Crippen molar-refractivity contribution < 1.29 is 9.53 Å². The van der Waals surface area contributed by atoms with E-state index >= 15 is 0 Å². The Balaban J connectivity index is 1.47. The van der Waals surface area contributed by atoms with Crippen molar-refractivity contribution in [1.29, 1.82) is 5.26 Å². The molecule has 1 aliphatic carbocycles. The summed E-state index contributed by atoms with van der Waals surface area (Å²) in [5, 5.41) is 15.4. The molecule has 2 aromatic rings. The second-order valence-electron chi connectivity index (χ2n) is 9.63. The summed E-state index contributed by atoms with van der Waals surface area (Å²) in [6.07, 6.45) is 6.63. The average molecular weight is 464 g/mol. The second kappa shape index (κ2) is 10.9. The molecule has 34 heavy (non-hydrogen) atoms. The van der Waals surface area contributed by atoms with Crippen LogP contribution in [0, 0.1) is 16.7 Å². The minimum absolute atomic E-state index is 0.107. The Morgan fingerprint density at radius 1 is 1.29 bits per heavy atom. The van der Waals surface area contributed by atoms with Crippen molar-refractivity contribution in [2.24, 2.45) is 5.41 Å². The maximum absolute atomic E-state index is 12.7. The van der Waals surface area contributed by atoms with Crippen molar-refractivity contribution in [2.45, 2.75) is 39.7 Å². The molecule has 9 nitrogen and oxygen atoms in total. The van der Waals surface area contributed by atoms with E-state index in [2.05, 4.69) is 45.4 Å². The number of hydrogen-bond acceptors (Lipinski definition) is 7. The summed E-state index contributed by atoms with van der Waals surface area (Å²) in [4.78, 5) is 26.8. The summed E-state index contributed by atoms with van der Waals surface area (Å²) >= 11 is 0. The Labute approximate surface area is 200 Å². The molecule has 3 N–H and O–H groups in total. The van der Waals surface area contributed by atoms with Gasteiger partial charge in [0.1, 0.15) is 6.07 Å². The molecule has 3 heterocycles. The van der Waals surface area contributed by atoms with Gasteiger partial charge in [-0.2, -0.15) is 5.26 Å². The molecular formula is C25H33N7O2. The first-order valence-electron chi connectivity index (χ1n) is 11.9. The number of rotatable bonds is 8. The molecule has 1 saturated heterocycles. The number of aromatic nitrogens is 3. The molecule has 180 valence electrons. The number of nitriles is 1. The van der Waals surface area contributed by atoms with Gasteiger partial charge < -0.3 is 20.4 Å². The van der Waals surface area contributed by atoms with E-state index in [0.717, 1.165) is 75.6 Å². The largest absolute Gasteiger partial charge is 0.379 e. The molecule has 4 rings (SSSR count). The number of carbonyl (C=O) groups is 1. The number of H-pyrrole nitrogens is 1. The molecule has 0 unspecified atom stereocenters. The van der Waals surface area contributed by atoms with Crippen molar-refractivity contribution in [3.63, 3.8) is 0 Å². The number of nitrogens with zero attached hydrogens (tertiary/aromatic N) is 4. The number of amides is 1. The quantitative estimate of drug-likeness (QED) is 0.515. The lowest BCUT2D eigenvalue weighted by atomic mass is 9.77. The van der Waals surface area contributed by atoms with Gasteiger partial charge in [-0.3, -0.25) is 9.69 Å². The minimum atomic E-state index is -0.391. The number of carbonyl (C=O) groups excluding carboxylic acids is 1. The van der Waals surface area contributed by atoms with Crippen LogP contribution in [0.25, 0.3) is 5.57 Å². The average Bonchev–Trinajstić information content (AvgIpc) is 3.33. The smallest absolute Gasteiger partial charge is 0.291 e. The lowest BCUT2D eigenvalue weighted by Gasteiger charge is -2.29. The summed E-state index contributed by atoms with van der Waals surface area (Å²) in [5.41, 5.74) is 4.01. The number of aromatic amines is 1. The zero-order valence-corrected chi connectivity index (χ0v) is 20.0. The van der Waals surface area contributed by atoms with Crippen LogP contribution >= 0.6 is 0 Å². The highest BCUT2D eigenvalue weighted by Crippen LogP contribution is 2.39. The molecule has 9 heteroatoms. The summed E-state index contributed by atoms with van der Waals surface area (Å²) in [7, 11) is 0. The van der Waals surface area contributed by atoms with Gasteiger partial charge in [-0.15, -0.1) is 0 Å². The third-order valence-corrected chi connectivity index (χ3v) is 6.40. The number of anilines is 1. The molecule has 0 atom stereocenters. The maximum atomic E-state index is 12.7. The summed E-state index contributed by atoms with van der Waals surface area (Å²) in [6.45, 7) is 10.6. The standard InChI is InChI=1S/C25H33N7O2/c1-25(2)7-5-18(6-8-25)22-21(31-24(33)23-28-17-20(15-26)30-23)4-3-19(29-22)16-27-9-10-32-11-13-34-14-12-32/h3-5,17,27H,6-14,16H2,1-2H3,(H,28,30)(H,31,33). The van der Waals surface area contributed by atoms with Crippen LogP contribution in [0.1, 0.15) is 60.8 Å². The fraction of sp³-hybridized carbons (Fsp3) is 0.520. The Kier molecular flexibility index (Phi) is 7.73. The topological polar surface area (TPSA) is 119 Å². The first-order chi connectivity index (χ1) is 16.4. The van der Waals surface area contributed by atoms with E-state index in [4.69, 9.17) is 15.0 Å². The van der Waals surface area contributed by atoms with Gasteiger partial charge in [-0.25, -0.2) is 9.97 Å². The van der Waals surface area contributed by atoms with E-state index in [0.29, 0.717) is 12.2 Å². The molecule has 1 amide bonds. The summed E-state index contributed by atoms with van der Waals surface area (Å²) in [5.74, 6) is -0.284. The molecule has 0 aromatic carbocycles. The Hall–Kier alpha value is -3.06. The number of allylic oxidation sites excluding steroid dienone is 2. The lowest BCUT2D eigenvalue weighted by molar-refractivity contribution is 0.0384. The number of ether oxygens (including phenoxy) is 1. The number of nitrogens with one attached hydrogen (secondary N) is 3. The van der Waals surface area contributed by atoms with Gasteiger partial charge in [0.25, 0.3) is 5.91 Å². The van der Waals surface area contributed by atoms with Crippen LogP contribution in [0.3, 0.4) is 0 Å². The fourth-order valence-electron chi connectivity index (χ4n) is 4.19. The van der Waals surface area contributed by atoms with Crippen LogP contribution in [0.4, 0.5) is 5.69 Å². The minimum Gasteiger partial charge on any atom is -0.379 e. The van der Waals surface area contributed by atoms with Gasteiger partial charge in [0.15, 0.2) is 11.5 Å². The van der Waals surface area contributed by atoms with Crippen LogP contribution in [-0.4, -0.2) is 65.2 Å². The fourth-order valence-corrected chi connectivity index (χ4v) is 4.19.